The minimum Gasteiger partial charge on any atom is -0.493 e. The molecule has 0 radical (unpaired) electrons. The summed E-state index contributed by atoms with van der Waals surface area (Å²) in [7, 11) is 7.85. The number of benzene rings is 2. The number of aromatic nitrogens is 3. The number of thiazole rings is 1. The van der Waals surface area contributed by atoms with Gasteiger partial charge in [0.1, 0.15) is 0 Å². The second-order valence-corrected chi connectivity index (χ2v) is 8.30. The number of hydrogen-bond acceptors (Lipinski definition) is 9. The minimum absolute atomic E-state index is 0.224. The Labute approximate surface area is 200 Å². The minimum atomic E-state index is -0.224. The van der Waals surface area contributed by atoms with Crippen molar-refractivity contribution in [3.63, 3.8) is 0 Å². The van der Waals surface area contributed by atoms with E-state index in [4.69, 9.17) is 23.7 Å². The van der Waals surface area contributed by atoms with E-state index < -0.39 is 0 Å². The SMILES string of the molecule is COc1ccc(CCc2nc3s/c(=C\c4cc(OC)c(OC)c(OC)c4)c(=O)n3n2)cc1OC. The largest absolute Gasteiger partial charge is 0.493 e. The fourth-order valence-electron chi connectivity index (χ4n) is 3.61. The van der Waals surface area contributed by atoms with Gasteiger partial charge in [-0.05, 0) is 47.9 Å². The van der Waals surface area contributed by atoms with Crippen molar-refractivity contribution in [3.05, 3.63) is 62.2 Å². The summed E-state index contributed by atoms with van der Waals surface area (Å²) < 4.78 is 28.6. The molecule has 0 saturated carbocycles. The Morgan fingerprint density at radius 2 is 1.53 bits per heavy atom. The number of rotatable bonds is 9. The van der Waals surface area contributed by atoms with Crippen molar-refractivity contribution in [1.29, 1.82) is 0 Å². The molecule has 0 aliphatic heterocycles. The summed E-state index contributed by atoms with van der Waals surface area (Å²) in [5.41, 5.74) is 1.58. The smallest absolute Gasteiger partial charge is 0.291 e. The second-order valence-electron chi connectivity index (χ2n) is 7.29. The molecule has 0 saturated heterocycles. The van der Waals surface area contributed by atoms with Gasteiger partial charge < -0.3 is 23.7 Å². The molecule has 0 spiro atoms. The van der Waals surface area contributed by atoms with Gasteiger partial charge in [-0.1, -0.05) is 17.4 Å². The first-order chi connectivity index (χ1) is 16.5. The van der Waals surface area contributed by atoms with Crippen LogP contribution in [0.25, 0.3) is 11.0 Å². The topological polar surface area (TPSA) is 93.4 Å². The van der Waals surface area contributed by atoms with E-state index in [9.17, 15) is 4.79 Å². The number of ether oxygens (including phenoxy) is 5. The molecular formula is C24H25N3O6S. The van der Waals surface area contributed by atoms with Gasteiger partial charge in [-0.3, -0.25) is 4.79 Å². The van der Waals surface area contributed by atoms with Crippen LogP contribution in [0.4, 0.5) is 0 Å². The van der Waals surface area contributed by atoms with Gasteiger partial charge in [-0.2, -0.15) is 4.52 Å². The lowest BCUT2D eigenvalue weighted by Crippen LogP contribution is -2.23. The molecular weight excluding hydrogens is 458 g/mol. The van der Waals surface area contributed by atoms with Crippen LogP contribution in [-0.2, 0) is 12.8 Å². The van der Waals surface area contributed by atoms with Crippen LogP contribution in [0.3, 0.4) is 0 Å². The summed E-state index contributed by atoms with van der Waals surface area (Å²) in [6.45, 7) is 0. The molecule has 178 valence electrons. The Morgan fingerprint density at radius 3 is 2.12 bits per heavy atom. The van der Waals surface area contributed by atoms with Crippen LogP contribution < -0.4 is 33.8 Å². The highest BCUT2D eigenvalue weighted by molar-refractivity contribution is 7.15. The first-order valence-electron chi connectivity index (χ1n) is 10.4. The average molecular weight is 484 g/mol. The van der Waals surface area contributed by atoms with E-state index in [1.165, 1.54) is 15.9 Å². The van der Waals surface area contributed by atoms with Crippen LogP contribution >= 0.6 is 11.3 Å². The fraction of sp³-hybridized carbons (Fsp3) is 0.292. The van der Waals surface area contributed by atoms with Crippen LogP contribution in [0.2, 0.25) is 0 Å². The standard InChI is InChI=1S/C24H25N3O6S/c1-29-16-8-6-14(10-17(16)30-2)7-9-21-25-24-27(26-21)23(28)20(34-24)13-15-11-18(31-3)22(33-5)19(12-15)32-4/h6,8,10-13H,7,9H2,1-5H3/b20-13-. The third-order valence-electron chi connectivity index (χ3n) is 5.30. The molecule has 2 heterocycles. The fourth-order valence-corrected chi connectivity index (χ4v) is 4.54. The molecule has 0 unspecified atom stereocenters. The summed E-state index contributed by atoms with van der Waals surface area (Å²) in [5, 5.41) is 4.42. The van der Waals surface area contributed by atoms with Gasteiger partial charge in [-0.25, -0.2) is 4.98 Å². The van der Waals surface area contributed by atoms with Crippen LogP contribution in [-0.4, -0.2) is 50.1 Å². The molecule has 34 heavy (non-hydrogen) atoms. The maximum atomic E-state index is 12.9. The Kier molecular flexibility index (Phi) is 6.87. The lowest BCUT2D eigenvalue weighted by Gasteiger charge is -2.12. The second kappa shape index (κ2) is 10.0. The molecule has 4 aromatic rings. The number of hydrogen-bond donors (Lipinski definition) is 0. The normalized spacial score (nSPS) is 11.6. The summed E-state index contributed by atoms with van der Waals surface area (Å²) in [6.07, 6.45) is 3.06. The Bertz CT molecular complexity index is 1400. The van der Waals surface area contributed by atoms with Crippen molar-refractivity contribution in [1.82, 2.24) is 14.6 Å². The van der Waals surface area contributed by atoms with E-state index in [2.05, 4.69) is 10.1 Å². The summed E-state index contributed by atoms with van der Waals surface area (Å²) >= 11 is 1.28. The Balaban J connectivity index is 1.59. The van der Waals surface area contributed by atoms with Gasteiger partial charge in [0.2, 0.25) is 10.7 Å². The number of methoxy groups -OCH3 is 5. The molecule has 0 bridgehead atoms. The predicted molar refractivity (Wildman–Crippen MR) is 129 cm³/mol. The third-order valence-corrected chi connectivity index (χ3v) is 6.25. The molecule has 0 fully saturated rings. The zero-order valence-electron chi connectivity index (χ0n) is 19.6. The first-order valence-corrected chi connectivity index (χ1v) is 11.2. The molecule has 0 aliphatic carbocycles. The Morgan fingerprint density at radius 1 is 0.853 bits per heavy atom. The van der Waals surface area contributed by atoms with E-state index in [-0.39, 0.29) is 5.56 Å². The molecule has 9 nitrogen and oxygen atoms in total. The number of aryl methyl sites for hydroxylation is 2. The highest BCUT2D eigenvalue weighted by atomic mass is 32.1. The number of fused-ring (bicyclic) bond motifs is 1. The van der Waals surface area contributed by atoms with Crippen molar-refractivity contribution in [2.75, 3.05) is 35.5 Å². The van der Waals surface area contributed by atoms with E-state index in [1.54, 1.807) is 53.8 Å². The van der Waals surface area contributed by atoms with Gasteiger partial charge in [0.15, 0.2) is 28.8 Å². The van der Waals surface area contributed by atoms with E-state index in [0.717, 1.165) is 11.1 Å². The van der Waals surface area contributed by atoms with E-state index in [1.807, 2.05) is 18.2 Å². The molecule has 0 amide bonds. The summed E-state index contributed by atoms with van der Waals surface area (Å²) in [4.78, 5) is 18.0. The van der Waals surface area contributed by atoms with Crippen LogP contribution in [0.5, 0.6) is 28.7 Å². The van der Waals surface area contributed by atoms with E-state index in [0.29, 0.717) is 56.9 Å². The van der Waals surface area contributed by atoms with Crippen molar-refractivity contribution < 1.29 is 23.7 Å². The molecule has 2 aromatic heterocycles. The predicted octanol–water partition coefficient (Wildman–Crippen LogP) is 2.53. The quantitative estimate of drug-likeness (QED) is 0.359. The third kappa shape index (κ3) is 4.49. The van der Waals surface area contributed by atoms with Crippen LogP contribution in [0.15, 0.2) is 35.1 Å². The van der Waals surface area contributed by atoms with Crippen molar-refractivity contribution in [2.24, 2.45) is 0 Å². The molecule has 4 rings (SSSR count). The van der Waals surface area contributed by atoms with Crippen LogP contribution in [0.1, 0.15) is 17.0 Å². The molecule has 0 N–H and O–H groups in total. The monoisotopic (exact) mass is 483 g/mol. The van der Waals surface area contributed by atoms with Gasteiger partial charge in [0.05, 0.1) is 40.1 Å². The zero-order valence-corrected chi connectivity index (χ0v) is 20.4. The lowest BCUT2D eigenvalue weighted by atomic mass is 10.1. The Hall–Kier alpha value is -3.79. The maximum Gasteiger partial charge on any atom is 0.291 e. The van der Waals surface area contributed by atoms with Crippen LogP contribution in [0, 0.1) is 0 Å². The molecule has 0 atom stereocenters. The maximum absolute atomic E-state index is 12.9. The van der Waals surface area contributed by atoms with Crippen molar-refractivity contribution >= 4 is 22.4 Å². The van der Waals surface area contributed by atoms with Gasteiger partial charge in [0, 0.05) is 6.42 Å². The molecule has 10 heteroatoms. The van der Waals surface area contributed by atoms with E-state index >= 15 is 0 Å². The summed E-state index contributed by atoms with van der Waals surface area (Å²) in [5.74, 6) is 3.48. The molecule has 2 aromatic carbocycles. The average Bonchev–Trinajstić information content (AvgIpc) is 3.39. The van der Waals surface area contributed by atoms with Crippen molar-refractivity contribution in [3.8, 4) is 28.7 Å². The lowest BCUT2D eigenvalue weighted by molar-refractivity contribution is 0.324. The molecule has 0 aliphatic rings. The van der Waals surface area contributed by atoms with Gasteiger partial charge >= 0.3 is 0 Å². The van der Waals surface area contributed by atoms with Crippen molar-refractivity contribution in [2.45, 2.75) is 12.8 Å². The van der Waals surface area contributed by atoms with Gasteiger partial charge in [0.25, 0.3) is 5.56 Å². The van der Waals surface area contributed by atoms with Gasteiger partial charge in [-0.15, -0.1) is 5.10 Å². The zero-order chi connectivity index (χ0) is 24.2. The summed E-state index contributed by atoms with van der Waals surface area (Å²) in [6, 6.07) is 9.34. The first kappa shape index (κ1) is 23.4. The number of nitrogens with zero attached hydrogens (tertiary/aromatic N) is 3. The highest BCUT2D eigenvalue weighted by Gasteiger charge is 2.14. The highest BCUT2D eigenvalue weighted by Crippen LogP contribution is 2.38.